The third kappa shape index (κ3) is 6.21. The molecule has 7 heteroatoms. The van der Waals surface area contributed by atoms with Gasteiger partial charge in [-0.05, 0) is 24.5 Å². The third-order valence-electron chi connectivity index (χ3n) is 2.57. The van der Waals surface area contributed by atoms with Gasteiger partial charge in [-0.3, -0.25) is 4.79 Å². The van der Waals surface area contributed by atoms with Gasteiger partial charge in [-0.15, -0.1) is 0 Å². The Labute approximate surface area is 113 Å². The largest absolute Gasteiger partial charge is 0.398 e. The smallest absolute Gasteiger partial charge is 0.217 e. The van der Waals surface area contributed by atoms with E-state index in [9.17, 15) is 13.2 Å². The number of unbranched alkanes of at least 4 members (excludes halogenated alkanes) is 1. The summed E-state index contributed by atoms with van der Waals surface area (Å²) in [6, 6.07) is 6.84. The van der Waals surface area contributed by atoms with E-state index in [1.807, 2.05) is 0 Å². The number of primary amides is 1. The van der Waals surface area contributed by atoms with E-state index in [-0.39, 0.29) is 18.1 Å². The van der Waals surface area contributed by atoms with Gasteiger partial charge in [0.15, 0.2) is 0 Å². The molecule has 0 saturated carbocycles. The van der Waals surface area contributed by atoms with Crippen LogP contribution in [0, 0.1) is 0 Å². The fourth-order valence-electron chi connectivity index (χ4n) is 1.57. The second kappa shape index (κ2) is 7.10. The van der Waals surface area contributed by atoms with E-state index in [4.69, 9.17) is 11.5 Å². The molecular formula is C12H19N3O3S. The van der Waals surface area contributed by atoms with Crippen molar-refractivity contribution in [3.8, 4) is 0 Å². The van der Waals surface area contributed by atoms with Crippen molar-refractivity contribution >= 4 is 21.6 Å². The number of para-hydroxylation sites is 1. The van der Waals surface area contributed by atoms with Gasteiger partial charge in [0, 0.05) is 18.7 Å². The Balaban J connectivity index is 2.40. The number of benzene rings is 1. The van der Waals surface area contributed by atoms with Gasteiger partial charge in [0.1, 0.15) is 0 Å². The van der Waals surface area contributed by atoms with E-state index in [0.29, 0.717) is 30.6 Å². The summed E-state index contributed by atoms with van der Waals surface area (Å²) < 4.78 is 26.1. The monoisotopic (exact) mass is 285 g/mol. The number of amides is 1. The molecule has 6 nitrogen and oxygen atoms in total. The molecule has 1 aromatic rings. The summed E-state index contributed by atoms with van der Waals surface area (Å²) in [6.45, 7) is 0.294. The Kier molecular flexibility index (Phi) is 5.78. The summed E-state index contributed by atoms with van der Waals surface area (Å²) in [7, 11) is -3.40. The Bertz CT molecular complexity index is 529. The molecule has 0 spiro atoms. The number of nitrogens with two attached hydrogens (primary N) is 2. The van der Waals surface area contributed by atoms with Crippen LogP contribution in [-0.4, -0.2) is 20.9 Å². The van der Waals surface area contributed by atoms with Crippen molar-refractivity contribution in [2.75, 3.05) is 12.3 Å². The highest BCUT2D eigenvalue weighted by molar-refractivity contribution is 7.88. The lowest BCUT2D eigenvalue weighted by Gasteiger charge is -2.08. The summed E-state index contributed by atoms with van der Waals surface area (Å²) in [4.78, 5) is 10.5. The summed E-state index contributed by atoms with van der Waals surface area (Å²) in [6.07, 6.45) is 1.42. The molecule has 1 rings (SSSR count). The van der Waals surface area contributed by atoms with Gasteiger partial charge >= 0.3 is 0 Å². The van der Waals surface area contributed by atoms with Crippen molar-refractivity contribution in [2.24, 2.45) is 5.73 Å². The number of hydrogen-bond acceptors (Lipinski definition) is 4. The average molecular weight is 285 g/mol. The average Bonchev–Trinajstić information content (AvgIpc) is 2.31. The number of nitrogens with one attached hydrogen (secondary N) is 1. The molecule has 1 amide bonds. The molecule has 19 heavy (non-hydrogen) atoms. The maximum atomic E-state index is 11.8. The van der Waals surface area contributed by atoms with Gasteiger partial charge in [-0.1, -0.05) is 18.2 Å². The number of carbonyl (C=O) groups excluding carboxylic acids is 1. The number of sulfonamides is 1. The van der Waals surface area contributed by atoms with Gasteiger partial charge in [-0.25, -0.2) is 13.1 Å². The van der Waals surface area contributed by atoms with Crippen molar-refractivity contribution in [1.82, 2.24) is 4.72 Å². The number of anilines is 1. The number of carbonyl (C=O) groups is 1. The predicted molar refractivity (Wildman–Crippen MR) is 74.5 cm³/mol. The van der Waals surface area contributed by atoms with Gasteiger partial charge < -0.3 is 11.5 Å². The standard InChI is InChI=1S/C12H19N3O3S/c13-11-6-2-1-5-10(11)9-19(17,18)15-8-4-3-7-12(14)16/h1-2,5-6,15H,3-4,7-9,13H2,(H2,14,16). The minimum absolute atomic E-state index is 0.143. The van der Waals surface area contributed by atoms with Crippen LogP contribution in [0.4, 0.5) is 5.69 Å². The highest BCUT2D eigenvalue weighted by Gasteiger charge is 2.12. The molecule has 0 aliphatic rings. The lowest BCUT2D eigenvalue weighted by molar-refractivity contribution is -0.118. The Hall–Kier alpha value is -1.60. The maximum Gasteiger partial charge on any atom is 0.217 e. The second-order valence-electron chi connectivity index (χ2n) is 4.28. The first-order valence-corrected chi connectivity index (χ1v) is 7.65. The van der Waals surface area contributed by atoms with Gasteiger partial charge in [0.25, 0.3) is 0 Å². The van der Waals surface area contributed by atoms with E-state index in [1.54, 1.807) is 24.3 Å². The molecule has 0 aliphatic heterocycles. The molecular weight excluding hydrogens is 266 g/mol. The van der Waals surface area contributed by atoms with Crippen molar-refractivity contribution < 1.29 is 13.2 Å². The molecule has 0 radical (unpaired) electrons. The van der Waals surface area contributed by atoms with Crippen LogP contribution in [0.25, 0.3) is 0 Å². The highest BCUT2D eigenvalue weighted by atomic mass is 32.2. The molecule has 0 aliphatic carbocycles. The first-order valence-electron chi connectivity index (χ1n) is 6.00. The van der Waals surface area contributed by atoms with E-state index < -0.39 is 10.0 Å². The topological polar surface area (TPSA) is 115 Å². The van der Waals surface area contributed by atoms with Crippen LogP contribution in [0.5, 0.6) is 0 Å². The number of rotatable bonds is 8. The SMILES string of the molecule is NC(=O)CCCCNS(=O)(=O)Cc1ccccc1N. The summed E-state index contributed by atoms with van der Waals surface area (Å²) in [5.74, 6) is -0.518. The van der Waals surface area contributed by atoms with E-state index in [2.05, 4.69) is 4.72 Å². The summed E-state index contributed by atoms with van der Waals surface area (Å²) >= 11 is 0. The molecule has 0 saturated heterocycles. The molecule has 0 unspecified atom stereocenters. The lowest BCUT2D eigenvalue weighted by Crippen LogP contribution is -2.26. The lowest BCUT2D eigenvalue weighted by atomic mass is 10.2. The van der Waals surface area contributed by atoms with Crippen molar-refractivity contribution in [1.29, 1.82) is 0 Å². The molecule has 0 atom stereocenters. The van der Waals surface area contributed by atoms with Crippen LogP contribution in [0.15, 0.2) is 24.3 Å². The molecule has 0 fully saturated rings. The zero-order valence-electron chi connectivity index (χ0n) is 10.6. The van der Waals surface area contributed by atoms with Crippen LogP contribution in [0.1, 0.15) is 24.8 Å². The van der Waals surface area contributed by atoms with Gasteiger partial charge in [0.05, 0.1) is 5.75 Å². The Morgan fingerprint density at radius 1 is 1.21 bits per heavy atom. The third-order valence-corrected chi connectivity index (χ3v) is 3.91. The van der Waals surface area contributed by atoms with Crippen molar-refractivity contribution in [2.45, 2.75) is 25.0 Å². The normalized spacial score (nSPS) is 11.4. The van der Waals surface area contributed by atoms with E-state index >= 15 is 0 Å². The first-order chi connectivity index (χ1) is 8.91. The summed E-state index contributed by atoms with van der Waals surface area (Å²) in [5, 5.41) is 0. The van der Waals surface area contributed by atoms with Crippen LogP contribution in [-0.2, 0) is 20.6 Å². The van der Waals surface area contributed by atoms with Crippen LogP contribution in [0.2, 0.25) is 0 Å². The zero-order valence-corrected chi connectivity index (χ0v) is 11.4. The zero-order chi connectivity index (χ0) is 14.3. The molecule has 0 bridgehead atoms. The number of nitrogen functional groups attached to an aromatic ring is 1. The fraction of sp³-hybridized carbons (Fsp3) is 0.417. The Morgan fingerprint density at radius 2 is 1.89 bits per heavy atom. The van der Waals surface area contributed by atoms with Gasteiger partial charge in [0.2, 0.25) is 15.9 Å². The second-order valence-corrected chi connectivity index (χ2v) is 6.08. The molecule has 0 heterocycles. The van der Waals surface area contributed by atoms with Crippen LogP contribution >= 0.6 is 0 Å². The van der Waals surface area contributed by atoms with Crippen LogP contribution in [0.3, 0.4) is 0 Å². The summed E-state index contributed by atoms with van der Waals surface area (Å²) in [5.41, 5.74) is 11.7. The van der Waals surface area contributed by atoms with Gasteiger partial charge in [-0.2, -0.15) is 0 Å². The minimum atomic E-state index is -3.40. The quantitative estimate of drug-likeness (QED) is 0.472. The fourth-order valence-corrected chi connectivity index (χ4v) is 2.80. The molecule has 0 aromatic heterocycles. The molecule has 5 N–H and O–H groups in total. The van der Waals surface area contributed by atoms with E-state index in [1.165, 1.54) is 0 Å². The van der Waals surface area contributed by atoms with E-state index in [0.717, 1.165) is 0 Å². The van der Waals surface area contributed by atoms with Crippen LogP contribution < -0.4 is 16.2 Å². The molecule has 1 aromatic carbocycles. The number of hydrogen-bond donors (Lipinski definition) is 3. The Morgan fingerprint density at radius 3 is 2.53 bits per heavy atom. The maximum absolute atomic E-state index is 11.8. The van der Waals surface area contributed by atoms with Crippen molar-refractivity contribution in [3.05, 3.63) is 29.8 Å². The van der Waals surface area contributed by atoms with Crippen molar-refractivity contribution in [3.63, 3.8) is 0 Å². The predicted octanol–water partition coefficient (Wildman–Crippen LogP) is 0.344. The highest BCUT2D eigenvalue weighted by Crippen LogP contribution is 2.13. The first kappa shape index (κ1) is 15.5. The minimum Gasteiger partial charge on any atom is -0.398 e. The molecule has 106 valence electrons.